The zero-order chi connectivity index (χ0) is 23.5. The Bertz CT molecular complexity index is 1460. The molecule has 5 aromatic rings. The molecule has 3 aromatic carbocycles. The zero-order valence-electron chi connectivity index (χ0n) is 18.8. The Morgan fingerprint density at radius 2 is 1.62 bits per heavy atom. The number of aromatic amines is 2. The van der Waals surface area contributed by atoms with E-state index in [1.165, 1.54) is 0 Å². The quantitative estimate of drug-likeness (QED) is 0.319. The normalized spacial score (nSPS) is 11.1. The predicted molar refractivity (Wildman–Crippen MR) is 133 cm³/mol. The Balaban J connectivity index is 1.48. The van der Waals surface area contributed by atoms with Crippen molar-refractivity contribution in [3.05, 3.63) is 94.5 Å². The third-order valence-electron chi connectivity index (χ3n) is 5.93. The molecule has 0 amide bonds. The van der Waals surface area contributed by atoms with Crippen molar-refractivity contribution >= 4 is 5.69 Å². The highest BCUT2D eigenvalue weighted by molar-refractivity contribution is 5.80. The number of hydrogen-bond acceptors (Lipinski definition) is 5. The first-order valence-electron chi connectivity index (χ1n) is 11.2. The van der Waals surface area contributed by atoms with Gasteiger partial charge in [0.25, 0.3) is 0 Å². The minimum atomic E-state index is -0.131. The maximum Gasteiger partial charge on any atom is 0.326 e. The van der Waals surface area contributed by atoms with Crippen molar-refractivity contribution in [2.75, 3.05) is 5.73 Å². The van der Waals surface area contributed by atoms with Crippen molar-refractivity contribution in [1.82, 2.24) is 30.2 Å². The smallest absolute Gasteiger partial charge is 0.326 e. The van der Waals surface area contributed by atoms with Crippen LogP contribution >= 0.6 is 0 Å². The van der Waals surface area contributed by atoms with Crippen LogP contribution in [0, 0.1) is 0 Å². The summed E-state index contributed by atoms with van der Waals surface area (Å²) in [6, 6.07) is 23.8. The minimum absolute atomic E-state index is 0.131. The number of nitrogens with one attached hydrogen (secondary N) is 2. The van der Waals surface area contributed by atoms with E-state index in [-0.39, 0.29) is 5.69 Å². The van der Waals surface area contributed by atoms with E-state index in [0.717, 1.165) is 52.0 Å². The van der Waals surface area contributed by atoms with Gasteiger partial charge in [0.1, 0.15) is 0 Å². The van der Waals surface area contributed by atoms with Crippen LogP contribution in [0.1, 0.15) is 24.6 Å². The molecule has 0 aliphatic heterocycles. The first kappa shape index (κ1) is 21.4. The molecule has 2 aromatic heterocycles. The van der Waals surface area contributed by atoms with E-state index in [1.54, 1.807) is 0 Å². The molecule has 170 valence electrons. The summed E-state index contributed by atoms with van der Waals surface area (Å²) in [5, 5.41) is 14.4. The van der Waals surface area contributed by atoms with Crippen LogP contribution in [0.2, 0.25) is 0 Å². The molecule has 0 atom stereocenters. The highest BCUT2D eigenvalue weighted by Gasteiger charge is 2.17. The number of imidazole rings is 1. The highest BCUT2D eigenvalue weighted by atomic mass is 16.1. The lowest BCUT2D eigenvalue weighted by molar-refractivity contribution is 0.700. The largest absolute Gasteiger partial charge is 0.398 e. The third-order valence-corrected chi connectivity index (χ3v) is 5.93. The second-order valence-corrected chi connectivity index (χ2v) is 8.15. The molecule has 2 heterocycles. The van der Waals surface area contributed by atoms with Gasteiger partial charge >= 0.3 is 5.69 Å². The van der Waals surface area contributed by atoms with E-state index in [9.17, 15) is 4.79 Å². The van der Waals surface area contributed by atoms with Gasteiger partial charge in [0, 0.05) is 22.5 Å². The summed E-state index contributed by atoms with van der Waals surface area (Å²) < 4.78 is 1.81. The molecule has 5 rings (SSSR count). The molecule has 0 unspecified atom stereocenters. The topological polar surface area (TPSA) is 118 Å². The van der Waals surface area contributed by atoms with Crippen LogP contribution in [0.5, 0.6) is 0 Å². The number of aromatic nitrogens is 6. The van der Waals surface area contributed by atoms with Gasteiger partial charge in [-0.3, -0.25) is 4.57 Å². The summed E-state index contributed by atoms with van der Waals surface area (Å²) in [5.41, 5.74) is 13.3. The van der Waals surface area contributed by atoms with Crippen molar-refractivity contribution in [1.29, 1.82) is 0 Å². The number of rotatable bonds is 7. The fraction of sp³-hybridized carbons (Fsp3) is 0.154. The second-order valence-electron chi connectivity index (χ2n) is 8.15. The van der Waals surface area contributed by atoms with Gasteiger partial charge in [-0.05, 0) is 34.4 Å². The van der Waals surface area contributed by atoms with E-state index >= 15 is 0 Å². The Morgan fingerprint density at radius 3 is 2.29 bits per heavy atom. The van der Waals surface area contributed by atoms with Gasteiger partial charge in [0.05, 0.1) is 12.2 Å². The number of anilines is 1. The summed E-state index contributed by atoms with van der Waals surface area (Å²) >= 11 is 0. The van der Waals surface area contributed by atoms with Crippen LogP contribution in [-0.2, 0) is 13.0 Å². The van der Waals surface area contributed by atoms with Crippen molar-refractivity contribution in [3.8, 4) is 33.8 Å². The van der Waals surface area contributed by atoms with E-state index in [1.807, 2.05) is 65.2 Å². The van der Waals surface area contributed by atoms with Crippen LogP contribution in [-0.4, -0.2) is 30.2 Å². The fourth-order valence-electron chi connectivity index (χ4n) is 4.29. The first-order valence-corrected chi connectivity index (χ1v) is 11.2. The van der Waals surface area contributed by atoms with Gasteiger partial charge in [-0.2, -0.15) is 5.21 Å². The molecular formula is C26H25N7O. The monoisotopic (exact) mass is 451 g/mol. The lowest BCUT2D eigenvalue weighted by atomic mass is 9.98. The number of nitrogen functional groups attached to an aromatic ring is 1. The molecule has 0 saturated heterocycles. The molecule has 34 heavy (non-hydrogen) atoms. The number of para-hydroxylation sites is 1. The molecule has 0 bridgehead atoms. The first-order chi connectivity index (χ1) is 16.7. The van der Waals surface area contributed by atoms with Crippen molar-refractivity contribution < 1.29 is 0 Å². The predicted octanol–water partition coefficient (Wildman–Crippen LogP) is 4.27. The molecule has 0 aliphatic carbocycles. The molecule has 0 radical (unpaired) electrons. The Hall–Kier alpha value is -4.46. The molecule has 0 fully saturated rings. The average Bonchev–Trinajstić information content (AvgIpc) is 3.50. The SMILES string of the molecule is CCCc1c(-c2ccccc2N)[nH]c(=O)n1Cc1ccc(-c2ccccc2-c2nn[nH]n2)cc1. The highest BCUT2D eigenvalue weighted by Crippen LogP contribution is 2.30. The molecule has 0 saturated carbocycles. The van der Waals surface area contributed by atoms with E-state index < -0.39 is 0 Å². The van der Waals surface area contributed by atoms with Crippen molar-refractivity contribution in [2.24, 2.45) is 0 Å². The van der Waals surface area contributed by atoms with Crippen LogP contribution in [0.25, 0.3) is 33.8 Å². The van der Waals surface area contributed by atoms with E-state index in [0.29, 0.717) is 18.1 Å². The summed E-state index contributed by atoms with van der Waals surface area (Å²) in [4.78, 5) is 16.0. The van der Waals surface area contributed by atoms with Crippen LogP contribution < -0.4 is 11.4 Å². The number of hydrogen-bond donors (Lipinski definition) is 3. The molecule has 8 nitrogen and oxygen atoms in total. The van der Waals surface area contributed by atoms with Crippen molar-refractivity contribution in [2.45, 2.75) is 26.3 Å². The zero-order valence-corrected chi connectivity index (χ0v) is 18.8. The van der Waals surface area contributed by atoms with Gasteiger partial charge in [0.15, 0.2) is 0 Å². The lowest BCUT2D eigenvalue weighted by Crippen LogP contribution is -2.19. The van der Waals surface area contributed by atoms with E-state index in [4.69, 9.17) is 5.73 Å². The maximum atomic E-state index is 12.9. The average molecular weight is 452 g/mol. The summed E-state index contributed by atoms with van der Waals surface area (Å²) in [7, 11) is 0. The molecule has 0 spiro atoms. The molecule has 0 aliphatic rings. The Kier molecular flexibility index (Phi) is 5.78. The van der Waals surface area contributed by atoms with Gasteiger partial charge in [-0.15, -0.1) is 10.2 Å². The summed E-state index contributed by atoms with van der Waals surface area (Å²) in [6.07, 6.45) is 1.70. The second kappa shape index (κ2) is 9.19. The Morgan fingerprint density at radius 1 is 0.912 bits per heavy atom. The molecule has 4 N–H and O–H groups in total. The fourth-order valence-corrected chi connectivity index (χ4v) is 4.29. The van der Waals surface area contributed by atoms with Crippen LogP contribution in [0.4, 0.5) is 5.69 Å². The maximum absolute atomic E-state index is 12.9. The summed E-state index contributed by atoms with van der Waals surface area (Å²) in [5.74, 6) is 0.551. The lowest BCUT2D eigenvalue weighted by Gasteiger charge is -2.11. The number of tetrazole rings is 1. The Labute approximate surface area is 196 Å². The van der Waals surface area contributed by atoms with Crippen LogP contribution in [0.15, 0.2) is 77.6 Å². The minimum Gasteiger partial charge on any atom is -0.398 e. The van der Waals surface area contributed by atoms with Gasteiger partial charge in [0.2, 0.25) is 5.82 Å². The standard InChI is InChI=1S/C26H25N7O/c1-2-7-23-24(21-10-5-6-11-22(21)27)28-26(34)33(23)16-17-12-14-18(15-13-17)19-8-3-4-9-20(19)25-29-31-32-30-25/h3-6,8-15H,2,7,16,27H2,1H3,(H,28,34)(H,29,30,31,32). The van der Waals surface area contributed by atoms with Crippen LogP contribution in [0.3, 0.4) is 0 Å². The summed E-state index contributed by atoms with van der Waals surface area (Å²) in [6.45, 7) is 2.58. The number of nitrogens with zero attached hydrogens (tertiary/aromatic N) is 4. The van der Waals surface area contributed by atoms with Crippen molar-refractivity contribution in [3.63, 3.8) is 0 Å². The number of nitrogens with two attached hydrogens (primary N) is 1. The van der Waals surface area contributed by atoms with E-state index in [2.05, 4.69) is 44.7 Å². The number of H-pyrrole nitrogens is 2. The number of benzene rings is 3. The van der Waals surface area contributed by atoms with Gasteiger partial charge < -0.3 is 10.7 Å². The molecule has 8 heteroatoms. The van der Waals surface area contributed by atoms with Gasteiger partial charge in [-0.25, -0.2) is 4.79 Å². The molecular weight excluding hydrogens is 426 g/mol. The third kappa shape index (κ3) is 4.01. The van der Waals surface area contributed by atoms with Gasteiger partial charge in [-0.1, -0.05) is 80.1 Å².